The molecule has 0 amide bonds. The van der Waals surface area contributed by atoms with Crippen molar-refractivity contribution >= 4 is 33.5 Å². The molecule has 20 heavy (non-hydrogen) atoms. The Hall–Kier alpha value is -1.40. The Kier molecular flexibility index (Phi) is 5.55. The zero-order chi connectivity index (χ0) is 14.4. The van der Waals surface area contributed by atoms with E-state index in [1.807, 2.05) is 12.3 Å². The van der Waals surface area contributed by atoms with Gasteiger partial charge in [0.1, 0.15) is 5.82 Å². The summed E-state index contributed by atoms with van der Waals surface area (Å²) in [6.07, 6.45) is 7.04. The number of nitrogen functional groups attached to an aromatic ring is 1. The number of rotatable bonds is 5. The second-order valence-electron chi connectivity index (χ2n) is 4.80. The van der Waals surface area contributed by atoms with Gasteiger partial charge in [0.25, 0.3) is 0 Å². The average molecular weight is 339 g/mol. The van der Waals surface area contributed by atoms with Crippen LogP contribution in [0, 0.1) is 11.3 Å². The third kappa shape index (κ3) is 4.05. The first-order valence-electron chi connectivity index (χ1n) is 6.64. The number of aromatic nitrogens is 1. The minimum Gasteiger partial charge on any atom is -0.390 e. The molecular weight excluding hydrogens is 320 g/mol. The zero-order valence-corrected chi connectivity index (χ0v) is 12.8. The molecule has 5 nitrogen and oxygen atoms in total. The highest BCUT2D eigenvalue weighted by Crippen LogP contribution is 2.21. The summed E-state index contributed by atoms with van der Waals surface area (Å²) in [5.41, 5.74) is 7.31. The van der Waals surface area contributed by atoms with Gasteiger partial charge in [-0.3, -0.25) is 0 Å². The molecule has 0 radical (unpaired) electrons. The highest BCUT2D eigenvalue weighted by molar-refractivity contribution is 9.10. The fraction of sp³-hybridized carbons (Fsp3) is 0.429. The van der Waals surface area contributed by atoms with Crippen LogP contribution in [0.25, 0.3) is 5.57 Å². The Morgan fingerprint density at radius 2 is 2.30 bits per heavy atom. The molecule has 4 N–H and O–H groups in total. The van der Waals surface area contributed by atoms with Crippen LogP contribution in [0.4, 0.5) is 5.82 Å². The topological polar surface area (TPSA) is 84.0 Å². The molecule has 0 aromatic carbocycles. The lowest BCUT2D eigenvalue weighted by Gasteiger charge is -2.21. The molecule has 1 saturated heterocycles. The maximum Gasteiger partial charge on any atom is 0.137 e. The molecular formula is C14H19BrN4O. The predicted octanol–water partition coefficient (Wildman–Crippen LogP) is 2.43. The first-order chi connectivity index (χ1) is 9.70. The number of nitrogens with one attached hydrogen (secondary N) is 2. The molecule has 108 valence electrons. The Morgan fingerprint density at radius 3 is 2.95 bits per heavy atom. The van der Waals surface area contributed by atoms with Crippen molar-refractivity contribution in [2.45, 2.75) is 12.8 Å². The molecule has 1 aliphatic heterocycles. The van der Waals surface area contributed by atoms with Gasteiger partial charge in [-0.05, 0) is 40.8 Å². The number of halogens is 1. The second-order valence-corrected chi connectivity index (χ2v) is 5.65. The summed E-state index contributed by atoms with van der Waals surface area (Å²) in [5, 5.41) is 10.8. The van der Waals surface area contributed by atoms with Crippen molar-refractivity contribution < 1.29 is 4.74 Å². The van der Waals surface area contributed by atoms with Crippen LogP contribution in [0.2, 0.25) is 0 Å². The van der Waals surface area contributed by atoms with Crippen LogP contribution in [0.1, 0.15) is 18.4 Å². The van der Waals surface area contributed by atoms with Gasteiger partial charge < -0.3 is 21.2 Å². The Labute approximate surface area is 127 Å². The monoisotopic (exact) mass is 338 g/mol. The number of allylic oxidation sites excluding steroid dienone is 1. The molecule has 0 aliphatic carbocycles. The van der Waals surface area contributed by atoms with Gasteiger partial charge in [0.15, 0.2) is 0 Å². The largest absolute Gasteiger partial charge is 0.390 e. The van der Waals surface area contributed by atoms with Gasteiger partial charge in [-0.1, -0.05) is 0 Å². The summed E-state index contributed by atoms with van der Waals surface area (Å²) in [5.74, 6) is 1.09. The number of nitrogens with zero attached hydrogens (tertiary/aromatic N) is 1. The quantitative estimate of drug-likeness (QED) is 0.720. The van der Waals surface area contributed by atoms with E-state index in [9.17, 15) is 0 Å². The fourth-order valence-electron chi connectivity index (χ4n) is 2.10. The van der Waals surface area contributed by atoms with E-state index in [-0.39, 0.29) is 0 Å². The number of anilines is 1. The molecule has 6 heteroatoms. The van der Waals surface area contributed by atoms with Crippen LogP contribution < -0.4 is 11.1 Å². The molecule has 1 fully saturated rings. The maximum atomic E-state index is 7.52. The van der Waals surface area contributed by atoms with Gasteiger partial charge in [0, 0.05) is 49.5 Å². The van der Waals surface area contributed by atoms with Crippen molar-refractivity contribution in [3.8, 4) is 0 Å². The van der Waals surface area contributed by atoms with E-state index < -0.39 is 0 Å². The van der Waals surface area contributed by atoms with Crippen molar-refractivity contribution in [1.29, 1.82) is 5.41 Å². The minimum atomic E-state index is 0.452. The molecule has 1 aromatic heterocycles. The van der Waals surface area contributed by atoms with Gasteiger partial charge in [-0.2, -0.15) is 0 Å². The van der Waals surface area contributed by atoms with Crippen LogP contribution in [0.5, 0.6) is 0 Å². The number of pyridine rings is 1. The lowest BCUT2D eigenvalue weighted by Crippen LogP contribution is -2.25. The van der Waals surface area contributed by atoms with Crippen LogP contribution in [-0.4, -0.2) is 31.0 Å². The molecule has 2 rings (SSSR count). The SMILES string of the molecule is N=C/C(=C\NCC1CCOCC1)c1cnc(N)c(Br)c1. The fourth-order valence-corrected chi connectivity index (χ4v) is 2.45. The molecule has 0 atom stereocenters. The molecule has 1 aliphatic rings. The summed E-state index contributed by atoms with van der Waals surface area (Å²) >= 11 is 3.35. The molecule has 0 saturated carbocycles. The summed E-state index contributed by atoms with van der Waals surface area (Å²) < 4.78 is 6.08. The van der Waals surface area contributed by atoms with E-state index in [2.05, 4.69) is 26.2 Å². The number of hydrogen-bond acceptors (Lipinski definition) is 5. The van der Waals surface area contributed by atoms with Crippen LogP contribution in [0.15, 0.2) is 22.9 Å². The predicted molar refractivity (Wildman–Crippen MR) is 84.7 cm³/mol. The first kappa shape index (κ1) is 15.0. The van der Waals surface area contributed by atoms with E-state index in [4.69, 9.17) is 15.9 Å². The second kappa shape index (κ2) is 7.40. The summed E-state index contributed by atoms with van der Waals surface area (Å²) in [4.78, 5) is 4.09. The summed E-state index contributed by atoms with van der Waals surface area (Å²) in [6.45, 7) is 2.61. The van der Waals surface area contributed by atoms with E-state index in [1.165, 1.54) is 6.21 Å². The Bertz CT molecular complexity index is 498. The van der Waals surface area contributed by atoms with Crippen molar-refractivity contribution in [1.82, 2.24) is 10.3 Å². The van der Waals surface area contributed by atoms with E-state index in [0.29, 0.717) is 11.7 Å². The van der Waals surface area contributed by atoms with E-state index in [1.54, 1.807) is 6.20 Å². The smallest absolute Gasteiger partial charge is 0.137 e. The van der Waals surface area contributed by atoms with Gasteiger partial charge in [0.2, 0.25) is 0 Å². The Morgan fingerprint density at radius 1 is 1.55 bits per heavy atom. The van der Waals surface area contributed by atoms with Crippen LogP contribution in [-0.2, 0) is 4.74 Å². The van der Waals surface area contributed by atoms with E-state index >= 15 is 0 Å². The van der Waals surface area contributed by atoms with Gasteiger partial charge >= 0.3 is 0 Å². The lowest BCUT2D eigenvalue weighted by atomic mass is 10.0. The zero-order valence-electron chi connectivity index (χ0n) is 11.2. The minimum absolute atomic E-state index is 0.452. The normalized spacial score (nSPS) is 16.9. The van der Waals surface area contributed by atoms with Crippen LogP contribution >= 0.6 is 15.9 Å². The Balaban J connectivity index is 1.97. The third-order valence-corrected chi connectivity index (χ3v) is 4.00. The number of hydrogen-bond donors (Lipinski definition) is 3. The lowest BCUT2D eigenvalue weighted by molar-refractivity contribution is 0.0673. The highest BCUT2D eigenvalue weighted by Gasteiger charge is 2.12. The van der Waals surface area contributed by atoms with Gasteiger partial charge in [0.05, 0.1) is 4.47 Å². The first-order valence-corrected chi connectivity index (χ1v) is 7.43. The number of nitrogens with two attached hydrogens (primary N) is 1. The molecule has 0 unspecified atom stereocenters. The van der Waals surface area contributed by atoms with Crippen molar-refractivity contribution in [2.75, 3.05) is 25.5 Å². The maximum absolute atomic E-state index is 7.52. The van der Waals surface area contributed by atoms with Crippen molar-refractivity contribution in [3.05, 3.63) is 28.5 Å². The molecule has 2 heterocycles. The van der Waals surface area contributed by atoms with Crippen LogP contribution in [0.3, 0.4) is 0 Å². The summed E-state index contributed by atoms with van der Waals surface area (Å²) in [6, 6.07) is 1.87. The standard InChI is InChI=1S/C14H19BrN4O/c15-13-5-11(9-19-14(13)17)12(6-16)8-18-7-10-1-3-20-4-2-10/h5-6,8-10,16,18H,1-4,7H2,(H2,17,19)/b12-8+,16-6?. The molecule has 0 bridgehead atoms. The molecule has 1 aromatic rings. The van der Waals surface area contributed by atoms with E-state index in [0.717, 1.165) is 48.2 Å². The molecule has 0 spiro atoms. The summed E-state index contributed by atoms with van der Waals surface area (Å²) in [7, 11) is 0. The van der Waals surface area contributed by atoms with Gasteiger partial charge in [-0.25, -0.2) is 4.98 Å². The van der Waals surface area contributed by atoms with Crippen molar-refractivity contribution in [3.63, 3.8) is 0 Å². The highest BCUT2D eigenvalue weighted by atomic mass is 79.9. The van der Waals surface area contributed by atoms with Gasteiger partial charge in [-0.15, -0.1) is 0 Å². The average Bonchev–Trinajstić information content (AvgIpc) is 2.48. The number of ether oxygens (including phenoxy) is 1. The van der Waals surface area contributed by atoms with Crippen molar-refractivity contribution in [2.24, 2.45) is 5.92 Å². The third-order valence-electron chi connectivity index (χ3n) is 3.36.